The van der Waals surface area contributed by atoms with Crippen molar-refractivity contribution in [2.75, 3.05) is 18.0 Å². The van der Waals surface area contributed by atoms with Crippen LogP contribution in [0, 0.1) is 20.8 Å². The number of rotatable bonds is 6. The Labute approximate surface area is 257 Å². The molecule has 5 heterocycles. The van der Waals surface area contributed by atoms with Gasteiger partial charge in [-0.2, -0.15) is 4.31 Å². The van der Waals surface area contributed by atoms with Crippen LogP contribution in [0.1, 0.15) is 72.7 Å². The molecule has 228 valence electrons. The average Bonchev–Trinajstić information content (AvgIpc) is 3.30. The minimum Gasteiger partial charge on any atom is -0.481 e. The van der Waals surface area contributed by atoms with Crippen molar-refractivity contribution in [2.24, 2.45) is 0 Å². The van der Waals surface area contributed by atoms with E-state index in [0.29, 0.717) is 18.0 Å². The number of piperidine rings is 1. The van der Waals surface area contributed by atoms with E-state index in [1.807, 2.05) is 55.6 Å². The summed E-state index contributed by atoms with van der Waals surface area (Å²) in [6.07, 6.45) is 6.13. The molecular formula is C31H37ClN6O4S. The quantitative estimate of drug-likeness (QED) is 0.298. The number of hydrogen-bond donors (Lipinski definition) is 1. The van der Waals surface area contributed by atoms with Crippen LogP contribution in [0.25, 0.3) is 5.65 Å². The number of halogens is 1. The van der Waals surface area contributed by atoms with Crippen LogP contribution in [0.3, 0.4) is 0 Å². The van der Waals surface area contributed by atoms with Gasteiger partial charge in [-0.1, -0.05) is 37.2 Å². The summed E-state index contributed by atoms with van der Waals surface area (Å²) < 4.78 is 31.6. The molecule has 2 aliphatic heterocycles. The van der Waals surface area contributed by atoms with Gasteiger partial charge in [-0.3, -0.25) is 9.20 Å². The predicted molar refractivity (Wildman–Crippen MR) is 166 cm³/mol. The molecule has 43 heavy (non-hydrogen) atoms. The summed E-state index contributed by atoms with van der Waals surface area (Å²) in [6, 6.07) is 9.27. The molecule has 4 aromatic rings. The second-order valence-corrected chi connectivity index (χ2v) is 13.6. The molecule has 2 aliphatic rings. The third-order valence-corrected chi connectivity index (χ3v) is 10.7. The van der Waals surface area contributed by atoms with Gasteiger partial charge in [0.15, 0.2) is 5.65 Å². The van der Waals surface area contributed by atoms with Crippen molar-refractivity contribution in [3.8, 4) is 0 Å². The predicted octanol–water partition coefficient (Wildman–Crippen LogP) is 5.51. The Hall–Kier alpha value is -3.54. The van der Waals surface area contributed by atoms with E-state index in [1.54, 1.807) is 0 Å². The van der Waals surface area contributed by atoms with Crippen LogP contribution in [-0.4, -0.2) is 62.5 Å². The zero-order valence-corrected chi connectivity index (χ0v) is 25.4. The molecule has 0 amide bonds. The number of carbonyl (C=O) groups is 1. The highest BCUT2D eigenvalue weighted by Gasteiger charge is 2.39. The molecule has 1 fully saturated rings. The molecule has 12 heteroatoms. The number of fused-ring (bicyclic) bond motifs is 4. The highest BCUT2D eigenvalue weighted by Crippen LogP contribution is 2.38. The van der Waals surface area contributed by atoms with E-state index in [-0.39, 0.29) is 36.4 Å². The molecule has 0 unspecified atom stereocenters. The summed E-state index contributed by atoms with van der Waals surface area (Å²) in [4.78, 5) is 18.8. The number of aliphatic carboxylic acids is 1. The molecule has 0 bridgehead atoms. The van der Waals surface area contributed by atoms with Crippen LogP contribution in [0.2, 0.25) is 5.02 Å². The fourth-order valence-corrected chi connectivity index (χ4v) is 8.21. The van der Waals surface area contributed by atoms with Gasteiger partial charge >= 0.3 is 5.97 Å². The molecule has 0 radical (unpaired) electrons. The third-order valence-electron chi connectivity index (χ3n) is 8.65. The minimum atomic E-state index is -3.92. The van der Waals surface area contributed by atoms with Gasteiger partial charge < -0.3 is 10.0 Å². The lowest BCUT2D eigenvalue weighted by molar-refractivity contribution is -0.137. The Balaban J connectivity index is 0.00000368. The Morgan fingerprint density at radius 2 is 1.93 bits per heavy atom. The molecule has 6 rings (SSSR count). The van der Waals surface area contributed by atoms with Crippen molar-refractivity contribution >= 4 is 39.1 Å². The van der Waals surface area contributed by atoms with E-state index in [0.717, 1.165) is 59.4 Å². The Bertz CT molecular complexity index is 1810. The second kappa shape index (κ2) is 11.9. The summed E-state index contributed by atoms with van der Waals surface area (Å²) in [6.45, 7) is 6.98. The van der Waals surface area contributed by atoms with Gasteiger partial charge in [0.1, 0.15) is 16.5 Å². The number of nitrogens with zero attached hydrogens (tertiary/aromatic N) is 6. The molecule has 10 nitrogen and oxygen atoms in total. The lowest BCUT2D eigenvalue weighted by atomic mass is 9.85. The van der Waals surface area contributed by atoms with Crippen molar-refractivity contribution < 1.29 is 18.3 Å². The van der Waals surface area contributed by atoms with E-state index in [9.17, 15) is 18.3 Å². The van der Waals surface area contributed by atoms with E-state index in [4.69, 9.17) is 11.6 Å². The first-order chi connectivity index (χ1) is 20.0. The number of carboxylic acids is 1. The minimum absolute atomic E-state index is 0. The zero-order valence-electron chi connectivity index (χ0n) is 23.8. The maximum Gasteiger partial charge on any atom is 0.304 e. The molecule has 1 N–H and O–H groups in total. The number of aromatic nitrogens is 4. The molecule has 0 saturated carbocycles. The maximum absolute atomic E-state index is 14.1. The zero-order chi connectivity index (χ0) is 29.8. The average molecular weight is 625 g/mol. The first kappa shape index (κ1) is 30.9. The molecule has 3 aromatic heterocycles. The maximum atomic E-state index is 14.1. The Morgan fingerprint density at radius 1 is 1.14 bits per heavy atom. The number of sulfonamides is 1. The van der Waals surface area contributed by atoms with Crippen molar-refractivity contribution in [1.82, 2.24) is 23.9 Å². The van der Waals surface area contributed by atoms with Crippen LogP contribution < -0.4 is 4.90 Å². The Kier molecular flexibility index (Phi) is 8.52. The van der Waals surface area contributed by atoms with Gasteiger partial charge in [0.25, 0.3) is 0 Å². The third kappa shape index (κ3) is 5.61. The number of benzene rings is 1. The monoisotopic (exact) mass is 624 g/mol. The van der Waals surface area contributed by atoms with Crippen molar-refractivity contribution in [3.05, 3.63) is 81.4 Å². The summed E-state index contributed by atoms with van der Waals surface area (Å²) in [5.41, 5.74) is 4.95. The van der Waals surface area contributed by atoms with Crippen molar-refractivity contribution in [1.29, 1.82) is 0 Å². The van der Waals surface area contributed by atoms with Crippen molar-refractivity contribution in [2.45, 2.75) is 77.3 Å². The van der Waals surface area contributed by atoms with Crippen LogP contribution in [0.15, 0.2) is 47.6 Å². The van der Waals surface area contributed by atoms with Crippen LogP contribution in [0.4, 0.5) is 5.82 Å². The fourth-order valence-electron chi connectivity index (χ4n) is 6.35. The highest BCUT2D eigenvalue weighted by molar-refractivity contribution is 7.89. The summed E-state index contributed by atoms with van der Waals surface area (Å²) >= 11 is 6.25. The summed E-state index contributed by atoms with van der Waals surface area (Å²) in [7, 11) is -3.92. The molecule has 1 saturated heterocycles. The number of carboxylic acid groups (broad SMARTS) is 1. The van der Waals surface area contributed by atoms with Gasteiger partial charge in [0.05, 0.1) is 11.4 Å². The fraction of sp³-hybridized carbons (Fsp3) is 0.419. The lowest BCUT2D eigenvalue weighted by Crippen LogP contribution is -2.45. The van der Waals surface area contributed by atoms with Crippen molar-refractivity contribution in [3.63, 3.8) is 0 Å². The molecule has 2 atom stereocenters. The first-order valence-electron chi connectivity index (χ1n) is 14.1. The van der Waals surface area contributed by atoms with E-state index in [2.05, 4.69) is 20.1 Å². The normalized spacial score (nSPS) is 18.8. The molecular weight excluding hydrogens is 588 g/mol. The molecule has 0 aliphatic carbocycles. The number of anilines is 1. The first-order valence-corrected chi connectivity index (χ1v) is 15.9. The van der Waals surface area contributed by atoms with E-state index in [1.165, 1.54) is 16.6 Å². The smallest absolute Gasteiger partial charge is 0.304 e. The highest BCUT2D eigenvalue weighted by atomic mass is 35.5. The van der Waals surface area contributed by atoms with Gasteiger partial charge in [0.2, 0.25) is 10.0 Å². The molecule has 1 aromatic carbocycles. The SMILES string of the molecule is C.Cc1ccc([C@H](CC(=O)O)c2ccn3c(C)nnc3c2C)cc1CN1C[C@H]2CCCCN2c2ncc(Cl)cc2S1(=O)=O. The van der Waals surface area contributed by atoms with Gasteiger partial charge in [0, 0.05) is 44.0 Å². The summed E-state index contributed by atoms with van der Waals surface area (Å²) in [5.74, 6) is -0.164. The largest absolute Gasteiger partial charge is 0.481 e. The lowest BCUT2D eigenvalue weighted by Gasteiger charge is -2.36. The summed E-state index contributed by atoms with van der Waals surface area (Å²) in [5, 5.41) is 18.6. The van der Waals surface area contributed by atoms with Crippen LogP contribution in [-0.2, 0) is 21.4 Å². The van der Waals surface area contributed by atoms with Gasteiger partial charge in [-0.25, -0.2) is 13.4 Å². The number of aryl methyl sites for hydroxylation is 3. The van der Waals surface area contributed by atoms with Gasteiger partial charge in [-0.15, -0.1) is 10.2 Å². The Morgan fingerprint density at radius 3 is 2.70 bits per heavy atom. The number of hydrogen-bond acceptors (Lipinski definition) is 7. The van der Waals surface area contributed by atoms with Crippen LogP contribution in [0.5, 0.6) is 0 Å². The van der Waals surface area contributed by atoms with Crippen LogP contribution >= 0.6 is 11.6 Å². The van der Waals surface area contributed by atoms with E-state index >= 15 is 0 Å². The second-order valence-electron chi connectivity index (χ2n) is 11.3. The topological polar surface area (TPSA) is 121 Å². The standard InChI is InChI=1S/C30H33ClN6O4S.CH4/c1-18-7-8-21(26(14-28(38)39)25-9-11-36-20(3)33-34-29(36)19(25)2)12-22(18)16-35-17-24-6-4-5-10-37(24)30-27(42(35,40)41)13-23(31)15-32-30;/h7-9,11-13,15,24,26H,4-6,10,14,16-17H2,1-3H3,(H,38,39);1H4/t24-,26+;/m1./s1. The van der Waals surface area contributed by atoms with E-state index < -0.39 is 21.9 Å². The van der Waals surface area contributed by atoms with Gasteiger partial charge in [-0.05, 0) is 80.0 Å². The molecule has 0 spiro atoms. The number of pyridine rings is 2.